The second-order valence-electron chi connectivity index (χ2n) is 4.06. The van der Waals surface area contributed by atoms with Crippen molar-refractivity contribution in [3.8, 4) is 0 Å². The van der Waals surface area contributed by atoms with Gasteiger partial charge in [0.25, 0.3) is 0 Å². The summed E-state index contributed by atoms with van der Waals surface area (Å²) >= 11 is 6.10. The Kier molecular flexibility index (Phi) is 4.45. The molecule has 100 valence electrons. The highest BCUT2D eigenvalue weighted by molar-refractivity contribution is 6.31. The van der Waals surface area contributed by atoms with E-state index in [1.165, 1.54) is 24.3 Å². The van der Waals surface area contributed by atoms with Crippen molar-refractivity contribution >= 4 is 11.6 Å². The molecular weight excluding hydrogens is 270 g/mol. The zero-order chi connectivity index (χ0) is 13.8. The molecule has 0 fully saturated rings. The molecule has 2 rings (SSSR count). The minimum Gasteiger partial charge on any atom is -0.305 e. The standard InChI is InChI=1S/C14H13ClF2N2/c1-2-18-14(13-6-4-10(17)8-19-13)11-7-9(16)3-5-12(11)15/h3-8,14,18H,2H2,1H3. The van der Waals surface area contributed by atoms with Gasteiger partial charge in [-0.3, -0.25) is 4.98 Å². The van der Waals surface area contributed by atoms with Crippen LogP contribution in [0, 0.1) is 11.6 Å². The van der Waals surface area contributed by atoms with E-state index in [4.69, 9.17) is 11.6 Å². The van der Waals surface area contributed by atoms with Crippen molar-refractivity contribution in [2.75, 3.05) is 6.54 Å². The molecule has 0 spiro atoms. The van der Waals surface area contributed by atoms with Crippen molar-refractivity contribution in [3.05, 3.63) is 64.4 Å². The second-order valence-corrected chi connectivity index (χ2v) is 4.47. The lowest BCUT2D eigenvalue weighted by atomic mass is 10.0. The number of benzene rings is 1. The summed E-state index contributed by atoms with van der Waals surface area (Å²) in [5.41, 5.74) is 1.18. The molecule has 0 amide bonds. The molecule has 1 unspecified atom stereocenters. The lowest BCUT2D eigenvalue weighted by Gasteiger charge is -2.19. The van der Waals surface area contributed by atoms with Gasteiger partial charge in [0.15, 0.2) is 0 Å². The van der Waals surface area contributed by atoms with Gasteiger partial charge >= 0.3 is 0 Å². The van der Waals surface area contributed by atoms with Crippen LogP contribution in [0.2, 0.25) is 5.02 Å². The van der Waals surface area contributed by atoms with Crippen LogP contribution in [0.1, 0.15) is 24.2 Å². The normalized spacial score (nSPS) is 12.4. The summed E-state index contributed by atoms with van der Waals surface area (Å²) in [5, 5.41) is 3.61. The van der Waals surface area contributed by atoms with E-state index in [9.17, 15) is 8.78 Å². The van der Waals surface area contributed by atoms with Crippen LogP contribution in [0.25, 0.3) is 0 Å². The van der Waals surface area contributed by atoms with Gasteiger partial charge in [0, 0.05) is 5.02 Å². The molecule has 2 nitrogen and oxygen atoms in total. The van der Waals surface area contributed by atoms with E-state index in [1.807, 2.05) is 6.92 Å². The third-order valence-corrected chi connectivity index (χ3v) is 3.07. The number of hydrogen-bond acceptors (Lipinski definition) is 2. The Hall–Kier alpha value is -1.52. The van der Waals surface area contributed by atoms with Gasteiger partial charge in [-0.25, -0.2) is 8.78 Å². The molecule has 0 aliphatic heterocycles. The third kappa shape index (κ3) is 3.28. The quantitative estimate of drug-likeness (QED) is 0.925. The van der Waals surface area contributed by atoms with Crippen molar-refractivity contribution in [3.63, 3.8) is 0 Å². The monoisotopic (exact) mass is 282 g/mol. The maximum Gasteiger partial charge on any atom is 0.141 e. The average molecular weight is 283 g/mol. The Morgan fingerprint density at radius 2 is 1.95 bits per heavy atom. The highest BCUT2D eigenvalue weighted by Crippen LogP contribution is 2.28. The molecule has 0 bridgehead atoms. The van der Waals surface area contributed by atoms with E-state index in [1.54, 1.807) is 6.07 Å². The number of hydrogen-bond donors (Lipinski definition) is 1. The highest BCUT2D eigenvalue weighted by Gasteiger charge is 2.18. The second kappa shape index (κ2) is 6.08. The maximum absolute atomic E-state index is 13.4. The first-order valence-corrected chi connectivity index (χ1v) is 6.29. The van der Waals surface area contributed by atoms with Crippen molar-refractivity contribution in [1.82, 2.24) is 10.3 Å². The molecular formula is C14H13ClF2N2. The Labute approximate surface area is 115 Å². The first-order chi connectivity index (χ1) is 9.11. The van der Waals surface area contributed by atoms with Gasteiger partial charge in [0.1, 0.15) is 11.6 Å². The number of rotatable bonds is 4. The zero-order valence-corrected chi connectivity index (χ0v) is 11.1. The first kappa shape index (κ1) is 13.9. The van der Waals surface area contributed by atoms with Crippen molar-refractivity contribution < 1.29 is 8.78 Å². The molecule has 1 atom stereocenters. The van der Waals surface area contributed by atoms with Gasteiger partial charge in [-0.2, -0.15) is 0 Å². The van der Waals surface area contributed by atoms with Crippen LogP contribution in [-0.2, 0) is 0 Å². The van der Waals surface area contributed by atoms with Crippen LogP contribution >= 0.6 is 11.6 Å². The summed E-state index contributed by atoms with van der Waals surface area (Å²) in [4.78, 5) is 4.03. The minimum absolute atomic E-state index is 0.367. The predicted molar refractivity (Wildman–Crippen MR) is 71.1 cm³/mol. The van der Waals surface area contributed by atoms with E-state index in [2.05, 4.69) is 10.3 Å². The Bertz CT molecular complexity index is 558. The molecule has 1 aromatic heterocycles. The molecule has 19 heavy (non-hydrogen) atoms. The molecule has 2 aromatic rings. The Morgan fingerprint density at radius 1 is 1.21 bits per heavy atom. The minimum atomic E-state index is -0.413. The number of nitrogens with zero attached hydrogens (tertiary/aromatic N) is 1. The summed E-state index contributed by atoms with van der Waals surface area (Å²) in [6, 6.07) is 6.67. The topological polar surface area (TPSA) is 24.9 Å². The molecule has 0 saturated carbocycles. The van der Waals surface area contributed by atoms with Crippen LogP contribution in [-0.4, -0.2) is 11.5 Å². The summed E-state index contributed by atoms with van der Waals surface area (Å²) in [5.74, 6) is -0.784. The van der Waals surface area contributed by atoms with Gasteiger partial charge in [-0.05, 0) is 42.4 Å². The number of nitrogens with one attached hydrogen (secondary N) is 1. The van der Waals surface area contributed by atoms with E-state index in [0.717, 1.165) is 6.20 Å². The lowest BCUT2D eigenvalue weighted by Crippen LogP contribution is -2.23. The maximum atomic E-state index is 13.4. The van der Waals surface area contributed by atoms with Crippen molar-refractivity contribution in [1.29, 1.82) is 0 Å². The fourth-order valence-electron chi connectivity index (χ4n) is 1.87. The molecule has 1 heterocycles. The van der Waals surface area contributed by atoms with Crippen LogP contribution in [0.3, 0.4) is 0 Å². The lowest BCUT2D eigenvalue weighted by molar-refractivity contribution is 0.585. The fraction of sp³-hybridized carbons (Fsp3) is 0.214. The van der Waals surface area contributed by atoms with Crippen LogP contribution < -0.4 is 5.32 Å². The average Bonchev–Trinajstić information content (AvgIpc) is 2.40. The van der Waals surface area contributed by atoms with Crippen molar-refractivity contribution in [2.24, 2.45) is 0 Å². The van der Waals surface area contributed by atoms with Gasteiger partial charge in [-0.15, -0.1) is 0 Å². The SMILES string of the molecule is CCNC(c1ccc(F)cn1)c1cc(F)ccc1Cl. The third-order valence-electron chi connectivity index (χ3n) is 2.72. The predicted octanol–water partition coefficient (Wildman–Crippen LogP) is 3.71. The van der Waals surface area contributed by atoms with Crippen LogP contribution in [0.15, 0.2) is 36.5 Å². The van der Waals surface area contributed by atoms with Gasteiger partial charge in [-0.1, -0.05) is 18.5 Å². The summed E-state index contributed by atoms with van der Waals surface area (Å²) in [7, 11) is 0. The van der Waals surface area contributed by atoms with Crippen LogP contribution in [0.4, 0.5) is 8.78 Å². The van der Waals surface area contributed by atoms with Crippen LogP contribution in [0.5, 0.6) is 0 Å². The number of pyridine rings is 1. The zero-order valence-electron chi connectivity index (χ0n) is 10.3. The van der Waals surface area contributed by atoms with Gasteiger partial charge in [0.05, 0.1) is 17.9 Å². The Balaban J connectivity index is 2.44. The Morgan fingerprint density at radius 3 is 2.58 bits per heavy atom. The molecule has 5 heteroatoms. The van der Waals surface area contributed by atoms with Gasteiger partial charge < -0.3 is 5.32 Å². The highest BCUT2D eigenvalue weighted by atomic mass is 35.5. The van der Waals surface area contributed by atoms with E-state index >= 15 is 0 Å². The van der Waals surface area contributed by atoms with E-state index < -0.39 is 5.82 Å². The fourth-order valence-corrected chi connectivity index (χ4v) is 2.10. The first-order valence-electron chi connectivity index (χ1n) is 5.91. The van der Waals surface area contributed by atoms with Gasteiger partial charge in [0.2, 0.25) is 0 Å². The van der Waals surface area contributed by atoms with E-state index in [-0.39, 0.29) is 11.9 Å². The molecule has 0 radical (unpaired) electrons. The molecule has 0 aliphatic carbocycles. The molecule has 1 N–H and O–H groups in total. The molecule has 1 aromatic carbocycles. The molecule has 0 saturated heterocycles. The largest absolute Gasteiger partial charge is 0.305 e. The summed E-state index contributed by atoms with van der Waals surface area (Å²) in [6.07, 6.45) is 1.13. The summed E-state index contributed by atoms with van der Waals surface area (Å²) in [6.45, 7) is 2.57. The number of aromatic nitrogens is 1. The summed E-state index contributed by atoms with van der Waals surface area (Å²) < 4.78 is 26.3. The van der Waals surface area contributed by atoms with Crippen molar-refractivity contribution in [2.45, 2.75) is 13.0 Å². The van der Waals surface area contributed by atoms with E-state index in [0.29, 0.717) is 22.8 Å². The smallest absolute Gasteiger partial charge is 0.141 e. The molecule has 0 aliphatic rings. The number of halogens is 3.